The number of halogens is 1. The second-order valence-corrected chi connectivity index (χ2v) is 7.63. The van der Waals surface area contributed by atoms with Crippen molar-refractivity contribution in [3.05, 3.63) is 121 Å². The van der Waals surface area contributed by atoms with E-state index in [-0.39, 0.29) is 11.7 Å². The SMILES string of the molecule is O=C(Nc1cccc(Nc2ccccc2)c1)c1cccc(Oc2ccnc3ccc(F)cc23)c1. The minimum Gasteiger partial charge on any atom is -0.457 e. The van der Waals surface area contributed by atoms with Gasteiger partial charge < -0.3 is 15.4 Å². The summed E-state index contributed by atoms with van der Waals surface area (Å²) in [6, 6.07) is 30.1. The van der Waals surface area contributed by atoms with Crippen LogP contribution in [0.1, 0.15) is 10.4 Å². The fourth-order valence-corrected chi connectivity index (χ4v) is 3.58. The summed E-state index contributed by atoms with van der Waals surface area (Å²) >= 11 is 0. The maximum Gasteiger partial charge on any atom is 0.255 e. The molecule has 2 N–H and O–H groups in total. The number of nitrogens with zero attached hydrogens (tertiary/aromatic N) is 1. The topological polar surface area (TPSA) is 63.2 Å². The summed E-state index contributed by atoms with van der Waals surface area (Å²) in [5.41, 5.74) is 3.53. The zero-order valence-electron chi connectivity index (χ0n) is 18.0. The quantitative estimate of drug-likeness (QED) is 0.289. The highest BCUT2D eigenvalue weighted by Crippen LogP contribution is 2.30. The third kappa shape index (κ3) is 4.86. The number of para-hydroxylation sites is 1. The number of ether oxygens (including phenoxy) is 1. The smallest absolute Gasteiger partial charge is 0.255 e. The first-order chi connectivity index (χ1) is 16.6. The van der Waals surface area contributed by atoms with Gasteiger partial charge in [0.15, 0.2) is 0 Å². The summed E-state index contributed by atoms with van der Waals surface area (Å²) < 4.78 is 19.7. The Morgan fingerprint density at radius 1 is 0.765 bits per heavy atom. The highest BCUT2D eigenvalue weighted by molar-refractivity contribution is 6.04. The molecule has 5 nitrogen and oxygen atoms in total. The number of anilines is 3. The van der Waals surface area contributed by atoms with Crippen molar-refractivity contribution in [3.63, 3.8) is 0 Å². The van der Waals surface area contributed by atoms with Gasteiger partial charge in [-0.05, 0) is 72.8 Å². The maximum atomic E-state index is 13.7. The van der Waals surface area contributed by atoms with Crippen molar-refractivity contribution in [1.82, 2.24) is 4.98 Å². The van der Waals surface area contributed by atoms with Crippen molar-refractivity contribution >= 4 is 33.9 Å². The van der Waals surface area contributed by atoms with Crippen LogP contribution in [-0.2, 0) is 0 Å². The molecule has 0 saturated carbocycles. The maximum absolute atomic E-state index is 13.7. The van der Waals surface area contributed by atoms with E-state index >= 15 is 0 Å². The van der Waals surface area contributed by atoms with Crippen LogP contribution in [0.25, 0.3) is 10.9 Å². The minimum absolute atomic E-state index is 0.270. The average Bonchev–Trinajstić information content (AvgIpc) is 2.85. The van der Waals surface area contributed by atoms with Crippen LogP contribution in [0.15, 0.2) is 109 Å². The van der Waals surface area contributed by atoms with Crippen LogP contribution in [-0.4, -0.2) is 10.9 Å². The molecular formula is C28H20FN3O2. The number of rotatable bonds is 6. The van der Waals surface area contributed by atoms with Crippen molar-refractivity contribution in [3.8, 4) is 11.5 Å². The predicted octanol–water partition coefficient (Wildman–Crippen LogP) is 7.16. The van der Waals surface area contributed by atoms with Gasteiger partial charge in [-0.1, -0.05) is 30.3 Å². The number of amides is 1. The van der Waals surface area contributed by atoms with Gasteiger partial charge in [0.2, 0.25) is 0 Å². The average molecular weight is 449 g/mol. The highest BCUT2D eigenvalue weighted by atomic mass is 19.1. The number of aromatic nitrogens is 1. The molecule has 0 fully saturated rings. The number of carbonyl (C=O) groups excluding carboxylic acids is 1. The Bertz CT molecular complexity index is 1470. The Hall–Kier alpha value is -4.71. The number of hydrogen-bond donors (Lipinski definition) is 2. The molecule has 0 saturated heterocycles. The van der Waals surface area contributed by atoms with Gasteiger partial charge in [0.25, 0.3) is 5.91 Å². The van der Waals surface area contributed by atoms with Gasteiger partial charge in [-0.3, -0.25) is 9.78 Å². The Kier molecular flexibility index (Phi) is 5.86. The highest BCUT2D eigenvalue weighted by Gasteiger charge is 2.10. The molecule has 5 rings (SSSR count). The molecule has 0 aliphatic carbocycles. The number of benzene rings is 4. The molecule has 34 heavy (non-hydrogen) atoms. The first-order valence-corrected chi connectivity index (χ1v) is 10.7. The van der Waals surface area contributed by atoms with Gasteiger partial charge in [0.1, 0.15) is 17.3 Å². The molecule has 0 unspecified atom stereocenters. The lowest BCUT2D eigenvalue weighted by atomic mass is 10.1. The van der Waals surface area contributed by atoms with Crippen LogP contribution in [0.2, 0.25) is 0 Å². The summed E-state index contributed by atoms with van der Waals surface area (Å²) in [7, 11) is 0. The van der Waals surface area contributed by atoms with Crippen molar-refractivity contribution in [2.45, 2.75) is 0 Å². The van der Waals surface area contributed by atoms with E-state index in [1.54, 1.807) is 42.6 Å². The second kappa shape index (κ2) is 9.42. The van der Waals surface area contributed by atoms with Crippen molar-refractivity contribution in [2.24, 2.45) is 0 Å². The Balaban J connectivity index is 1.33. The first-order valence-electron chi connectivity index (χ1n) is 10.7. The van der Waals surface area contributed by atoms with Gasteiger partial charge in [-0.25, -0.2) is 4.39 Å². The van der Waals surface area contributed by atoms with Crippen molar-refractivity contribution < 1.29 is 13.9 Å². The molecular weight excluding hydrogens is 429 g/mol. The number of hydrogen-bond acceptors (Lipinski definition) is 4. The molecule has 6 heteroatoms. The van der Waals surface area contributed by atoms with Crippen molar-refractivity contribution in [2.75, 3.05) is 10.6 Å². The van der Waals surface area contributed by atoms with Gasteiger partial charge in [0.05, 0.1) is 5.52 Å². The van der Waals surface area contributed by atoms with Crippen LogP contribution in [0.5, 0.6) is 11.5 Å². The van der Waals surface area contributed by atoms with E-state index in [1.807, 2.05) is 54.6 Å². The molecule has 0 aliphatic rings. The minimum atomic E-state index is -0.373. The third-order valence-electron chi connectivity index (χ3n) is 5.17. The monoisotopic (exact) mass is 449 g/mol. The molecule has 5 aromatic rings. The van der Waals surface area contributed by atoms with Gasteiger partial charge in [0, 0.05) is 34.2 Å². The van der Waals surface area contributed by atoms with E-state index in [0.29, 0.717) is 33.7 Å². The molecule has 0 aliphatic heterocycles. The molecule has 0 atom stereocenters. The van der Waals surface area contributed by atoms with Crippen molar-refractivity contribution in [1.29, 1.82) is 0 Å². The van der Waals surface area contributed by atoms with Crippen LogP contribution < -0.4 is 15.4 Å². The van der Waals surface area contributed by atoms with E-state index in [9.17, 15) is 9.18 Å². The lowest BCUT2D eigenvalue weighted by molar-refractivity contribution is 0.102. The van der Waals surface area contributed by atoms with E-state index in [0.717, 1.165) is 11.4 Å². The molecule has 1 aromatic heterocycles. The molecule has 0 radical (unpaired) electrons. The third-order valence-corrected chi connectivity index (χ3v) is 5.17. The molecule has 1 heterocycles. The number of pyridine rings is 1. The lowest BCUT2D eigenvalue weighted by Crippen LogP contribution is -2.12. The zero-order chi connectivity index (χ0) is 23.3. The standard InChI is InChI=1S/C28H20FN3O2/c29-20-12-13-26-25(17-20)27(14-15-30-26)34-24-11-4-6-19(16-24)28(33)32-23-10-5-9-22(18-23)31-21-7-2-1-3-8-21/h1-18,31H,(H,32,33). The van der Waals surface area contributed by atoms with Crippen LogP contribution in [0.4, 0.5) is 21.5 Å². The summed E-state index contributed by atoms with van der Waals surface area (Å²) in [4.78, 5) is 17.1. The Morgan fingerprint density at radius 2 is 1.56 bits per heavy atom. The fourth-order valence-electron chi connectivity index (χ4n) is 3.58. The number of carbonyl (C=O) groups is 1. The van der Waals surface area contributed by atoms with E-state index in [1.165, 1.54) is 12.1 Å². The zero-order valence-corrected chi connectivity index (χ0v) is 18.0. The van der Waals surface area contributed by atoms with E-state index in [4.69, 9.17) is 4.74 Å². The van der Waals surface area contributed by atoms with Crippen LogP contribution >= 0.6 is 0 Å². The molecule has 166 valence electrons. The number of nitrogens with one attached hydrogen (secondary N) is 2. The molecule has 4 aromatic carbocycles. The van der Waals surface area contributed by atoms with Gasteiger partial charge >= 0.3 is 0 Å². The fraction of sp³-hybridized carbons (Fsp3) is 0. The molecule has 0 spiro atoms. The van der Waals surface area contributed by atoms with Crippen LogP contribution in [0.3, 0.4) is 0 Å². The molecule has 1 amide bonds. The summed E-state index contributed by atoms with van der Waals surface area (Å²) in [6.45, 7) is 0. The second-order valence-electron chi connectivity index (χ2n) is 7.63. The number of fused-ring (bicyclic) bond motifs is 1. The normalized spacial score (nSPS) is 10.6. The van der Waals surface area contributed by atoms with Gasteiger partial charge in [-0.2, -0.15) is 0 Å². The lowest BCUT2D eigenvalue weighted by Gasteiger charge is -2.11. The Morgan fingerprint density at radius 3 is 2.44 bits per heavy atom. The Labute approximate surface area is 195 Å². The predicted molar refractivity (Wildman–Crippen MR) is 132 cm³/mol. The first kappa shape index (κ1) is 21.2. The molecule has 0 bridgehead atoms. The summed E-state index contributed by atoms with van der Waals surface area (Å²) in [5, 5.41) is 6.78. The van der Waals surface area contributed by atoms with Crippen LogP contribution in [0, 0.1) is 5.82 Å². The summed E-state index contributed by atoms with van der Waals surface area (Å²) in [6.07, 6.45) is 1.60. The van der Waals surface area contributed by atoms with E-state index < -0.39 is 0 Å². The largest absolute Gasteiger partial charge is 0.457 e. The van der Waals surface area contributed by atoms with Gasteiger partial charge in [-0.15, -0.1) is 0 Å². The summed E-state index contributed by atoms with van der Waals surface area (Å²) in [5.74, 6) is 0.279. The van der Waals surface area contributed by atoms with E-state index in [2.05, 4.69) is 15.6 Å².